The van der Waals surface area contributed by atoms with Crippen LogP contribution in [0, 0.1) is 11.3 Å². The van der Waals surface area contributed by atoms with Crippen LogP contribution in [0.5, 0.6) is 0 Å². The molecule has 0 heterocycles. The van der Waals surface area contributed by atoms with Gasteiger partial charge in [0.1, 0.15) is 6.07 Å². The van der Waals surface area contributed by atoms with Crippen LogP contribution in [-0.4, -0.2) is 43.7 Å². The third-order valence-electron chi connectivity index (χ3n) is 3.24. The van der Waals surface area contributed by atoms with Crippen molar-refractivity contribution in [3.8, 4) is 6.07 Å². The molecule has 0 fully saturated rings. The molecule has 108 valence electrons. The van der Waals surface area contributed by atoms with Crippen molar-refractivity contribution in [3.63, 3.8) is 0 Å². The Morgan fingerprint density at radius 2 is 2.00 bits per heavy atom. The number of anilines is 1. The Labute approximate surface area is 125 Å². The summed E-state index contributed by atoms with van der Waals surface area (Å²) in [5.41, 5.74) is 1.44. The number of nitriles is 1. The highest BCUT2D eigenvalue weighted by atomic mass is 32.2. The molecule has 1 rings (SSSR count). The first-order chi connectivity index (χ1) is 9.58. The van der Waals surface area contributed by atoms with Crippen LogP contribution in [0.1, 0.15) is 19.4 Å². The predicted octanol–water partition coefficient (Wildman–Crippen LogP) is 2.58. The minimum absolute atomic E-state index is 0.0796. The van der Waals surface area contributed by atoms with Gasteiger partial charge in [-0.2, -0.15) is 5.26 Å². The Balaban J connectivity index is 2.96. The van der Waals surface area contributed by atoms with Crippen molar-refractivity contribution in [2.75, 3.05) is 37.8 Å². The lowest BCUT2D eigenvalue weighted by molar-refractivity contribution is -0.129. The molecule has 0 atom stereocenters. The molecule has 0 aliphatic heterocycles. The van der Waals surface area contributed by atoms with Gasteiger partial charge < -0.3 is 9.80 Å². The number of hydrogen-bond acceptors (Lipinski definition) is 4. The first-order valence-electron chi connectivity index (χ1n) is 6.64. The van der Waals surface area contributed by atoms with Crippen LogP contribution in [0.4, 0.5) is 5.69 Å². The third kappa shape index (κ3) is 3.67. The molecular weight excluding hydrogens is 270 g/mol. The number of benzene rings is 1. The number of thioether (sulfide) groups is 1. The maximum Gasteiger partial charge on any atom is 0.242 e. The first-order valence-corrected chi connectivity index (χ1v) is 7.87. The molecule has 4 nitrogen and oxygen atoms in total. The van der Waals surface area contributed by atoms with Gasteiger partial charge in [-0.25, -0.2) is 0 Å². The second kappa shape index (κ2) is 7.81. The van der Waals surface area contributed by atoms with E-state index in [0.29, 0.717) is 18.7 Å². The fourth-order valence-electron chi connectivity index (χ4n) is 2.08. The number of carbonyl (C=O) groups excluding carboxylic acids is 1. The molecule has 0 saturated heterocycles. The Bertz CT molecular complexity index is 506. The molecule has 0 saturated carbocycles. The Morgan fingerprint density at radius 3 is 2.50 bits per heavy atom. The molecule has 0 aromatic heterocycles. The van der Waals surface area contributed by atoms with E-state index in [2.05, 4.69) is 6.07 Å². The largest absolute Gasteiger partial charge is 0.364 e. The normalized spacial score (nSPS) is 9.95. The van der Waals surface area contributed by atoms with Gasteiger partial charge in [-0.1, -0.05) is 6.07 Å². The zero-order valence-electron chi connectivity index (χ0n) is 12.5. The van der Waals surface area contributed by atoms with Gasteiger partial charge in [0.15, 0.2) is 0 Å². The molecule has 0 unspecified atom stereocenters. The number of carbonyl (C=O) groups is 1. The predicted molar refractivity (Wildman–Crippen MR) is 84.1 cm³/mol. The topological polar surface area (TPSA) is 47.3 Å². The van der Waals surface area contributed by atoms with E-state index >= 15 is 0 Å². The van der Waals surface area contributed by atoms with E-state index in [1.54, 1.807) is 16.7 Å². The van der Waals surface area contributed by atoms with Crippen molar-refractivity contribution in [2.45, 2.75) is 18.7 Å². The second-order valence-electron chi connectivity index (χ2n) is 4.39. The van der Waals surface area contributed by atoms with Gasteiger partial charge in [0.2, 0.25) is 5.91 Å². The van der Waals surface area contributed by atoms with Gasteiger partial charge in [-0.05, 0) is 32.2 Å². The quantitative estimate of drug-likeness (QED) is 0.756. The summed E-state index contributed by atoms with van der Waals surface area (Å²) in [4.78, 5) is 16.7. The smallest absolute Gasteiger partial charge is 0.242 e. The molecular formula is C15H21N3OS. The van der Waals surface area contributed by atoms with Crippen LogP contribution < -0.4 is 4.90 Å². The molecule has 0 aliphatic carbocycles. The summed E-state index contributed by atoms with van der Waals surface area (Å²) in [6.07, 6.45) is 1.95. The van der Waals surface area contributed by atoms with Gasteiger partial charge in [-0.15, -0.1) is 11.8 Å². The minimum Gasteiger partial charge on any atom is -0.364 e. The van der Waals surface area contributed by atoms with Crippen LogP contribution in [0.25, 0.3) is 0 Å². The van der Waals surface area contributed by atoms with Crippen LogP contribution in [0.3, 0.4) is 0 Å². The van der Waals surface area contributed by atoms with Crippen molar-refractivity contribution in [3.05, 3.63) is 23.8 Å². The highest BCUT2D eigenvalue weighted by Gasteiger charge is 2.16. The summed E-state index contributed by atoms with van der Waals surface area (Å²) >= 11 is 1.54. The van der Waals surface area contributed by atoms with Gasteiger partial charge in [0.05, 0.1) is 17.8 Å². The third-order valence-corrected chi connectivity index (χ3v) is 4.02. The van der Waals surface area contributed by atoms with E-state index in [-0.39, 0.29) is 12.5 Å². The molecule has 5 heteroatoms. The maximum atomic E-state index is 12.1. The number of hydrogen-bond donors (Lipinski definition) is 0. The molecule has 0 bridgehead atoms. The number of rotatable bonds is 6. The lowest BCUT2D eigenvalue weighted by Gasteiger charge is -2.25. The lowest BCUT2D eigenvalue weighted by Crippen LogP contribution is -2.39. The van der Waals surface area contributed by atoms with Gasteiger partial charge in [0.25, 0.3) is 0 Å². The SMILES string of the molecule is CCN(CC)C(=O)CN(C)c1cccc(SC)c1C#N. The highest BCUT2D eigenvalue weighted by Crippen LogP contribution is 2.28. The molecule has 1 aromatic carbocycles. The molecule has 1 amide bonds. The van der Waals surface area contributed by atoms with E-state index in [0.717, 1.165) is 10.6 Å². The van der Waals surface area contributed by atoms with Crippen molar-refractivity contribution in [1.82, 2.24) is 4.90 Å². The minimum atomic E-state index is 0.0796. The van der Waals surface area contributed by atoms with Crippen LogP contribution in [0.15, 0.2) is 23.1 Å². The Hall–Kier alpha value is -1.67. The molecule has 0 spiro atoms. The molecule has 0 radical (unpaired) electrons. The number of amides is 1. The van der Waals surface area contributed by atoms with E-state index < -0.39 is 0 Å². The fraction of sp³-hybridized carbons (Fsp3) is 0.467. The van der Waals surface area contributed by atoms with Crippen LogP contribution in [0.2, 0.25) is 0 Å². The molecule has 0 aliphatic rings. The average Bonchev–Trinajstić information content (AvgIpc) is 2.47. The van der Waals surface area contributed by atoms with Crippen LogP contribution in [-0.2, 0) is 4.79 Å². The maximum absolute atomic E-state index is 12.1. The summed E-state index contributed by atoms with van der Waals surface area (Å²) in [6, 6.07) is 7.96. The highest BCUT2D eigenvalue weighted by molar-refractivity contribution is 7.98. The fourth-order valence-corrected chi connectivity index (χ4v) is 2.65. The van der Waals surface area contributed by atoms with Gasteiger partial charge >= 0.3 is 0 Å². The van der Waals surface area contributed by atoms with Crippen molar-refractivity contribution in [1.29, 1.82) is 5.26 Å². The molecule has 1 aromatic rings. The van der Waals surface area contributed by atoms with E-state index in [1.807, 2.05) is 50.2 Å². The van der Waals surface area contributed by atoms with Crippen molar-refractivity contribution >= 4 is 23.4 Å². The molecule has 0 N–H and O–H groups in total. The zero-order chi connectivity index (χ0) is 15.1. The van der Waals surface area contributed by atoms with Crippen molar-refractivity contribution in [2.24, 2.45) is 0 Å². The van der Waals surface area contributed by atoms with Crippen LogP contribution >= 0.6 is 11.8 Å². The van der Waals surface area contributed by atoms with Crippen molar-refractivity contribution < 1.29 is 4.79 Å². The summed E-state index contributed by atoms with van der Waals surface area (Å²) < 4.78 is 0. The van der Waals surface area contributed by atoms with E-state index in [4.69, 9.17) is 0 Å². The van der Waals surface area contributed by atoms with Gasteiger partial charge in [0, 0.05) is 25.0 Å². The van der Waals surface area contributed by atoms with E-state index in [1.165, 1.54) is 0 Å². The number of likely N-dealkylation sites (N-methyl/N-ethyl adjacent to an activating group) is 2. The monoisotopic (exact) mass is 291 g/mol. The Kier molecular flexibility index (Phi) is 6.40. The number of nitrogens with zero attached hydrogens (tertiary/aromatic N) is 3. The Morgan fingerprint density at radius 1 is 1.35 bits per heavy atom. The second-order valence-corrected chi connectivity index (χ2v) is 5.24. The lowest BCUT2D eigenvalue weighted by atomic mass is 10.1. The summed E-state index contributed by atoms with van der Waals surface area (Å²) in [7, 11) is 1.85. The summed E-state index contributed by atoms with van der Waals surface area (Å²) in [5.74, 6) is 0.0796. The first kappa shape index (κ1) is 16.4. The zero-order valence-corrected chi connectivity index (χ0v) is 13.3. The average molecular weight is 291 g/mol. The summed E-state index contributed by atoms with van der Waals surface area (Å²) in [5, 5.41) is 9.33. The summed E-state index contributed by atoms with van der Waals surface area (Å²) in [6.45, 7) is 5.64. The standard InChI is InChI=1S/C15H21N3OS/c1-5-18(6-2)15(19)11-17(3)13-8-7-9-14(20-4)12(13)10-16/h7-9H,5-6,11H2,1-4H3. The molecule has 20 heavy (non-hydrogen) atoms. The van der Waals surface area contributed by atoms with E-state index in [9.17, 15) is 10.1 Å². The van der Waals surface area contributed by atoms with Gasteiger partial charge in [-0.3, -0.25) is 4.79 Å².